The van der Waals surface area contributed by atoms with Crippen LogP contribution in [0.2, 0.25) is 0 Å². The van der Waals surface area contributed by atoms with Crippen molar-refractivity contribution in [2.45, 2.75) is 44.9 Å². The Balaban J connectivity index is 1.48. The minimum Gasteiger partial charge on any atom is -0.367 e. The Bertz CT molecular complexity index is 561. The summed E-state index contributed by atoms with van der Waals surface area (Å²) in [6.45, 7) is 1.73. The summed E-state index contributed by atoms with van der Waals surface area (Å²) in [6.07, 6.45) is 11.2. The highest BCUT2D eigenvalue weighted by Crippen LogP contribution is 2.47. The van der Waals surface area contributed by atoms with Gasteiger partial charge >= 0.3 is 0 Å². The molecule has 1 aliphatic carbocycles. The average molecular weight is 331 g/mol. The van der Waals surface area contributed by atoms with Crippen molar-refractivity contribution in [3.8, 4) is 0 Å². The largest absolute Gasteiger partial charge is 0.367 e. The van der Waals surface area contributed by atoms with Crippen LogP contribution >= 0.6 is 0 Å². The van der Waals surface area contributed by atoms with Gasteiger partial charge in [-0.3, -0.25) is 9.59 Å². The molecule has 1 spiro atoms. The van der Waals surface area contributed by atoms with Crippen molar-refractivity contribution in [3.63, 3.8) is 0 Å². The SMILES string of the molecule is CN(C)C(=O)CC1CCC2(CC1)CCN(C(=O)c1cc[nH]c1)CC2. The van der Waals surface area contributed by atoms with Crippen molar-refractivity contribution in [3.05, 3.63) is 24.0 Å². The molecule has 1 aromatic heterocycles. The average Bonchev–Trinajstić information content (AvgIpc) is 3.12. The molecule has 5 heteroatoms. The number of likely N-dealkylation sites (tertiary alicyclic amines) is 1. The summed E-state index contributed by atoms with van der Waals surface area (Å²) in [4.78, 5) is 31.0. The van der Waals surface area contributed by atoms with Crippen LogP contribution in [0.4, 0.5) is 0 Å². The number of aromatic amines is 1. The molecule has 1 saturated carbocycles. The zero-order valence-corrected chi connectivity index (χ0v) is 14.9. The molecule has 0 unspecified atom stereocenters. The molecule has 1 saturated heterocycles. The lowest BCUT2D eigenvalue weighted by molar-refractivity contribution is -0.130. The molecular weight excluding hydrogens is 302 g/mol. The fourth-order valence-electron chi connectivity index (χ4n) is 4.25. The van der Waals surface area contributed by atoms with Crippen LogP contribution in [-0.2, 0) is 4.79 Å². The van der Waals surface area contributed by atoms with Gasteiger partial charge < -0.3 is 14.8 Å². The Kier molecular flexibility index (Phi) is 4.97. The highest BCUT2D eigenvalue weighted by molar-refractivity contribution is 5.94. The molecule has 2 heterocycles. The van der Waals surface area contributed by atoms with Gasteiger partial charge in [-0.05, 0) is 55.9 Å². The normalized spacial score (nSPS) is 21.0. The Labute approximate surface area is 144 Å². The third kappa shape index (κ3) is 3.65. The van der Waals surface area contributed by atoms with Crippen molar-refractivity contribution in [2.75, 3.05) is 27.2 Å². The van der Waals surface area contributed by atoms with E-state index in [2.05, 4.69) is 4.98 Å². The molecule has 0 aromatic carbocycles. The van der Waals surface area contributed by atoms with Crippen LogP contribution in [0, 0.1) is 11.3 Å². The highest BCUT2D eigenvalue weighted by Gasteiger charge is 2.39. The monoisotopic (exact) mass is 331 g/mol. The number of rotatable bonds is 3. The lowest BCUT2D eigenvalue weighted by Gasteiger charge is -2.46. The van der Waals surface area contributed by atoms with E-state index >= 15 is 0 Å². The number of piperidine rings is 1. The van der Waals surface area contributed by atoms with E-state index in [0.717, 1.165) is 44.3 Å². The first-order chi connectivity index (χ1) is 11.5. The van der Waals surface area contributed by atoms with Crippen molar-refractivity contribution >= 4 is 11.8 Å². The van der Waals surface area contributed by atoms with Crippen LogP contribution < -0.4 is 0 Å². The van der Waals surface area contributed by atoms with Gasteiger partial charge in [0.05, 0.1) is 5.56 Å². The van der Waals surface area contributed by atoms with Gasteiger partial charge in [-0.1, -0.05) is 0 Å². The van der Waals surface area contributed by atoms with Crippen LogP contribution in [0.1, 0.15) is 55.3 Å². The number of nitrogens with zero attached hydrogens (tertiary/aromatic N) is 2. The van der Waals surface area contributed by atoms with E-state index in [4.69, 9.17) is 0 Å². The molecule has 5 nitrogen and oxygen atoms in total. The lowest BCUT2D eigenvalue weighted by Crippen LogP contribution is -2.44. The van der Waals surface area contributed by atoms with E-state index in [1.165, 1.54) is 12.8 Å². The van der Waals surface area contributed by atoms with Gasteiger partial charge in [-0.2, -0.15) is 0 Å². The smallest absolute Gasteiger partial charge is 0.255 e. The summed E-state index contributed by atoms with van der Waals surface area (Å²) < 4.78 is 0. The number of aromatic nitrogens is 1. The van der Waals surface area contributed by atoms with Crippen LogP contribution in [-0.4, -0.2) is 53.8 Å². The van der Waals surface area contributed by atoms with Gasteiger partial charge in [-0.25, -0.2) is 0 Å². The van der Waals surface area contributed by atoms with Crippen LogP contribution in [0.3, 0.4) is 0 Å². The molecule has 2 amide bonds. The predicted octanol–water partition coefficient (Wildman–Crippen LogP) is 2.91. The standard InChI is InChI=1S/C19H29N3O2/c1-21(2)17(23)13-15-3-6-19(7-4-15)8-11-22(12-9-19)18(24)16-5-10-20-14-16/h5,10,14-15,20H,3-4,6-9,11-13H2,1-2H3. The lowest BCUT2D eigenvalue weighted by atomic mass is 9.65. The molecule has 1 aliphatic heterocycles. The summed E-state index contributed by atoms with van der Waals surface area (Å²) in [5, 5.41) is 0. The molecule has 0 atom stereocenters. The maximum atomic E-state index is 12.4. The molecule has 0 radical (unpaired) electrons. The third-order valence-corrected chi connectivity index (χ3v) is 6.08. The van der Waals surface area contributed by atoms with E-state index in [1.54, 1.807) is 17.3 Å². The topological polar surface area (TPSA) is 56.4 Å². The number of amides is 2. The van der Waals surface area contributed by atoms with Gasteiger partial charge in [-0.15, -0.1) is 0 Å². The predicted molar refractivity (Wildman–Crippen MR) is 93.6 cm³/mol. The molecule has 2 fully saturated rings. The molecule has 0 bridgehead atoms. The van der Waals surface area contributed by atoms with E-state index in [1.807, 2.05) is 25.1 Å². The Morgan fingerprint density at radius 2 is 1.88 bits per heavy atom. The first kappa shape index (κ1) is 17.1. The van der Waals surface area contributed by atoms with Crippen molar-refractivity contribution in [1.82, 2.24) is 14.8 Å². The first-order valence-corrected chi connectivity index (χ1v) is 9.11. The maximum Gasteiger partial charge on any atom is 0.255 e. The number of hydrogen-bond donors (Lipinski definition) is 1. The van der Waals surface area contributed by atoms with Crippen LogP contribution in [0.5, 0.6) is 0 Å². The highest BCUT2D eigenvalue weighted by atomic mass is 16.2. The van der Waals surface area contributed by atoms with Gasteiger partial charge in [0, 0.05) is 46.0 Å². The summed E-state index contributed by atoms with van der Waals surface area (Å²) in [5.74, 6) is 0.948. The number of hydrogen-bond acceptors (Lipinski definition) is 2. The van der Waals surface area contributed by atoms with E-state index in [-0.39, 0.29) is 11.8 Å². The summed E-state index contributed by atoms with van der Waals surface area (Å²) >= 11 is 0. The Morgan fingerprint density at radius 3 is 2.42 bits per heavy atom. The second-order valence-corrected chi connectivity index (χ2v) is 7.83. The maximum absolute atomic E-state index is 12.4. The molecule has 1 N–H and O–H groups in total. The van der Waals surface area contributed by atoms with E-state index in [0.29, 0.717) is 17.8 Å². The second kappa shape index (κ2) is 6.99. The summed E-state index contributed by atoms with van der Waals surface area (Å²) in [7, 11) is 3.67. The second-order valence-electron chi connectivity index (χ2n) is 7.83. The van der Waals surface area contributed by atoms with Crippen LogP contribution in [0.15, 0.2) is 18.5 Å². The van der Waals surface area contributed by atoms with Gasteiger partial charge in [0.2, 0.25) is 5.91 Å². The molecule has 2 aliphatic rings. The van der Waals surface area contributed by atoms with E-state index < -0.39 is 0 Å². The molecule has 24 heavy (non-hydrogen) atoms. The number of carbonyl (C=O) groups is 2. The molecule has 132 valence electrons. The van der Waals surface area contributed by atoms with Crippen LogP contribution in [0.25, 0.3) is 0 Å². The van der Waals surface area contributed by atoms with Gasteiger partial charge in [0.25, 0.3) is 5.91 Å². The Hall–Kier alpha value is -1.78. The molecule has 3 rings (SSSR count). The van der Waals surface area contributed by atoms with E-state index in [9.17, 15) is 9.59 Å². The fourth-order valence-corrected chi connectivity index (χ4v) is 4.25. The minimum atomic E-state index is 0.149. The summed E-state index contributed by atoms with van der Waals surface area (Å²) in [6, 6.07) is 1.85. The number of nitrogens with one attached hydrogen (secondary N) is 1. The van der Waals surface area contributed by atoms with Crippen molar-refractivity contribution < 1.29 is 9.59 Å². The third-order valence-electron chi connectivity index (χ3n) is 6.08. The van der Waals surface area contributed by atoms with Gasteiger partial charge in [0.15, 0.2) is 0 Å². The number of H-pyrrole nitrogens is 1. The van der Waals surface area contributed by atoms with Crippen molar-refractivity contribution in [1.29, 1.82) is 0 Å². The number of carbonyl (C=O) groups excluding carboxylic acids is 2. The summed E-state index contributed by atoms with van der Waals surface area (Å²) in [5.41, 5.74) is 1.17. The fraction of sp³-hybridized carbons (Fsp3) is 0.684. The van der Waals surface area contributed by atoms with Crippen molar-refractivity contribution in [2.24, 2.45) is 11.3 Å². The first-order valence-electron chi connectivity index (χ1n) is 9.11. The molecule has 1 aromatic rings. The zero-order chi connectivity index (χ0) is 17.2. The zero-order valence-electron chi connectivity index (χ0n) is 14.9. The minimum absolute atomic E-state index is 0.149. The quantitative estimate of drug-likeness (QED) is 0.926. The van der Waals surface area contributed by atoms with Gasteiger partial charge in [0.1, 0.15) is 0 Å². The Morgan fingerprint density at radius 1 is 1.21 bits per heavy atom. The molecular formula is C19H29N3O2.